The van der Waals surface area contributed by atoms with Gasteiger partial charge >= 0.3 is 0 Å². The molecule has 1 rings (SSSR count). The number of rotatable bonds is 4. The number of carbonyl (C=O) groups excluding carboxylic acids is 1. The van der Waals surface area contributed by atoms with E-state index in [1.54, 1.807) is 19.0 Å². The summed E-state index contributed by atoms with van der Waals surface area (Å²) < 4.78 is 14.0. The minimum absolute atomic E-state index is 0.000848. The van der Waals surface area contributed by atoms with E-state index >= 15 is 0 Å². The number of non-ortho nitro benzene ring substituents is 1. The number of thioether (sulfide) groups is 1. The van der Waals surface area contributed by atoms with Gasteiger partial charge in [0.15, 0.2) is 0 Å². The molecule has 0 aliphatic rings. The van der Waals surface area contributed by atoms with E-state index in [4.69, 9.17) is 12.2 Å². The average molecular weight is 317 g/mol. The number of thiocarbonyl (C=S) groups is 1. The van der Waals surface area contributed by atoms with Crippen LogP contribution in [0.3, 0.4) is 0 Å². The zero-order chi connectivity index (χ0) is 15.3. The first-order chi connectivity index (χ1) is 9.31. The first kappa shape index (κ1) is 16.3. The summed E-state index contributed by atoms with van der Waals surface area (Å²) in [5.74, 6) is -1.22. The molecular weight excluding hydrogens is 305 g/mol. The molecule has 0 spiro atoms. The number of carbonyl (C=O) groups is 1. The summed E-state index contributed by atoms with van der Waals surface area (Å²) in [5.41, 5.74) is -0.515. The first-order valence-electron chi connectivity index (χ1n) is 5.39. The number of anilines is 1. The topological polar surface area (TPSA) is 75.5 Å². The second-order valence-electron chi connectivity index (χ2n) is 3.92. The lowest BCUT2D eigenvalue weighted by Crippen LogP contribution is -2.21. The van der Waals surface area contributed by atoms with Crippen LogP contribution >= 0.6 is 24.0 Å². The number of nitro benzene ring substituents is 1. The van der Waals surface area contributed by atoms with Gasteiger partial charge < -0.3 is 10.2 Å². The molecule has 1 aromatic carbocycles. The van der Waals surface area contributed by atoms with Crippen LogP contribution in [0.1, 0.15) is 0 Å². The molecule has 1 N–H and O–H groups in total. The van der Waals surface area contributed by atoms with Crippen molar-refractivity contribution in [2.45, 2.75) is 0 Å². The van der Waals surface area contributed by atoms with E-state index in [2.05, 4.69) is 5.32 Å². The summed E-state index contributed by atoms with van der Waals surface area (Å²) in [7, 11) is 3.49. The fourth-order valence-corrected chi connectivity index (χ4v) is 1.93. The Morgan fingerprint density at radius 2 is 2.20 bits per heavy atom. The number of nitrogens with zero attached hydrogens (tertiary/aromatic N) is 2. The van der Waals surface area contributed by atoms with Crippen LogP contribution in [-0.4, -0.2) is 39.9 Å². The van der Waals surface area contributed by atoms with Gasteiger partial charge in [0, 0.05) is 26.2 Å². The Morgan fingerprint density at radius 1 is 1.55 bits per heavy atom. The molecule has 108 valence electrons. The number of nitro groups is 1. The number of hydrogen-bond acceptors (Lipinski definition) is 5. The van der Waals surface area contributed by atoms with Crippen molar-refractivity contribution in [1.82, 2.24) is 4.90 Å². The van der Waals surface area contributed by atoms with Crippen LogP contribution in [0, 0.1) is 15.9 Å². The predicted molar refractivity (Wildman–Crippen MR) is 80.4 cm³/mol. The number of halogens is 1. The summed E-state index contributed by atoms with van der Waals surface area (Å²) in [5, 5.41) is 12.9. The van der Waals surface area contributed by atoms with Gasteiger partial charge in [-0.3, -0.25) is 14.9 Å². The summed E-state index contributed by atoms with van der Waals surface area (Å²) in [6.07, 6.45) is 0. The Hall–Kier alpha value is -1.74. The second-order valence-corrected chi connectivity index (χ2v) is 5.53. The second kappa shape index (κ2) is 7.15. The Labute approximate surface area is 124 Å². The summed E-state index contributed by atoms with van der Waals surface area (Å²) in [4.78, 5) is 23.2. The molecule has 0 fully saturated rings. The van der Waals surface area contributed by atoms with Crippen LogP contribution < -0.4 is 5.32 Å². The zero-order valence-electron chi connectivity index (χ0n) is 10.8. The van der Waals surface area contributed by atoms with Crippen LogP contribution in [0.2, 0.25) is 0 Å². The molecule has 20 heavy (non-hydrogen) atoms. The highest BCUT2D eigenvalue weighted by atomic mass is 32.2. The maximum Gasteiger partial charge on any atom is 0.271 e. The average Bonchev–Trinajstić information content (AvgIpc) is 2.38. The molecule has 0 radical (unpaired) electrons. The molecule has 0 aliphatic carbocycles. The highest BCUT2D eigenvalue weighted by Crippen LogP contribution is 2.21. The van der Waals surface area contributed by atoms with Gasteiger partial charge in [0.25, 0.3) is 5.69 Å². The van der Waals surface area contributed by atoms with Crippen LogP contribution in [0.15, 0.2) is 18.2 Å². The van der Waals surface area contributed by atoms with Gasteiger partial charge in [-0.25, -0.2) is 4.39 Å². The maximum atomic E-state index is 13.4. The Balaban J connectivity index is 2.68. The quantitative estimate of drug-likeness (QED) is 0.521. The van der Waals surface area contributed by atoms with Crippen molar-refractivity contribution in [3.63, 3.8) is 0 Å². The van der Waals surface area contributed by atoms with Crippen molar-refractivity contribution in [2.75, 3.05) is 25.2 Å². The number of nitrogens with one attached hydrogen (secondary N) is 1. The van der Waals surface area contributed by atoms with Crippen LogP contribution in [0.25, 0.3) is 0 Å². The van der Waals surface area contributed by atoms with Gasteiger partial charge in [-0.1, -0.05) is 24.0 Å². The van der Waals surface area contributed by atoms with E-state index < -0.39 is 16.6 Å². The predicted octanol–water partition coefficient (Wildman–Crippen LogP) is 2.25. The number of hydrogen-bond donors (Lipinski definition) is 1. The third-order valence-corrected chi connectivity index (χ3v) is 3.86. The van der Waals surface area contributed by atoms with E-state index in [0.717, 1.165) is 30.0 Å². The van der Waals surface area contributed by atoms with Crippen molar-refractivity contribution in [3.8, 4) is 0 Å². The molecular formula is C11H12FN3O3S2. The van der Waals surface area contributed by atoms with Crippen LogP contribution in [0.4, 0.5) is 15.8 Å². The first-order valence-corrected chi connectivity index (χ1v) is 6.78. The molecule has 0 saturated carbocycles. The van der Waals surface area contributed by atoms with E-state index in [1.165, 1.54) is 0 Å². The van der Waals surface area contributed by atoms with Gasteiger partial charge in [0.1, 0.15) is 10.1 Å². The van der Waals surface area contributed by atoms with Crippen molar-refractivity contribution in [1.29, 1.82) is 0 Å². The molecule has 0 bridgehead atoms. The number of amides is 1. The SMILES string of the molecule is CN(C)C(=S)SCC(=O)Nc1cc([N+](=O)[O-])ccc1F. The molecule has 0 aliphatic heterocycles. The van der Waals surface area contributed by atoms with Gasteiger partial charge in [-0.15, -0.1) is 0 Å². The monoisotopic (exact) mass is 317 g/mol. The van der Waals surface area contributed by atoms with Crippen molar-refractivity contribution >= 4 is 45.6 Å². The fourth-order valence-electron chi connectivity index (χ4n) is 1.17. The van der Waals surface area contributed by atoms with Crippen molar-refractivity contribution < 1.29 is 14.1 Å². The lowest BCUT2D eigenvalue weighted by atomic mass is 10.2. The Morgan fingerprint density at radius 3 is 2.75 bits per heavy atom. The lowest BCUT2D eigenvalue weighted by molar-refractivity contribution is -0.384. The molecule has 1 aromatic rings. The van der Waals surface area contributed by atoms with Gasteiger partial charge in [-0.05, 0) is 6.07 Å². The smallest absolute Gasteiger partial charge is 0.271 e. The Kier molecular flexibility index (Phi) is 5.83. The van der Waals surface area contributed by atoms with Gasteiger partial charge in [0.05, 0.1) is 16.4 Å². The van der Waals surface area contributed by atoms with E-state index in [9.17, 15) is 19.3 Å². The highest BCUT2D eigenvalue weighted by molar-refractivity contribution is 8.23. The van der Waals surface area contributed by atoms with Crippen molar-refractivity contribution in [2.24, 2.45) is 0 Å². The maximum absolute atomic E-state index is 13.4. The largest absolute Gasteiger partial charge is 0.364 e. The molecule has 1 amide bonds. The third-order valence-electron chi connectivity index (χ3n) is 2.13. The highest BCUT2D eigenvalue weighted by Gasteiger charge is 2.13. The molecule has 0 heterocycles. The van der Waals surface area contributed by atoms with Gasteiger partial charge in [-0.2, -0.15) is 0 Å². The van der Waals surface area contributed by atoms with Gasteiger partial charge in [0.2, 0.25) is 5.91 Å². The molecule has 0 aromatic heterocycles. The van der Waals surface area contributed by atoms with E-state index in [0.29, 0.717) is 4.32 Å². The van der Waals surface area contributed by atoms with E-state index in [1.807, 2.05) is 0 Å². The normalized spacial score (nSPS) is 9.95. The minimum atomic E-state index is -0.732. The lowest BCUT2D eigenvalue weighted by Gasteiger charge is -2.12. The number of benzene rings is 1. The zero-order valence-corrected chi connectivity index (χ0v) is 12.4. The molecule has 0 unspecified atom stereocenters. The summed E-state index contributed by atoms with van der Waals surface area (Å²) in [6.45, 7) is 0. The Bertz CT molecular complexity index is 552. The van der Waals surface area contributed by atoms with E-state index in [-0.39, 0.29) is 17.1 Å². The molecule has 9 heteroatoms. The van der Waals surface area contributed by atoms with Crippen LogP contribution in [0.5, 0.6) is 0 Å². The molecule has 0 atom stereocenters. The third kappa shape index (κ3) is 4.74. The summed E-state index contributed by atoms with van der Waals surface area (Å²) >= 11 is 6.10. The molecule has 0 saturated heterocycles. The molecule has 6 nitrogen and oxygen atoms in total. The standard InChI is InChI=1S/C11H12FN3O3S2/c1-14(2)11(19)20-6-10(16)13-9-5-7(15(17)18)3-4-8(9)12/h3-5H,6H2,1-2H3,(H,13,16). The minimum Gasteiger partial charge on any atom is -0.364 e. The van der Waals surface area contributed by atoms with Crippen molar-refractivity contribution in [3.05, 3.63) is 34.1 Å². The van der Waals surface area contributed by atoms with Crippen LogP contribution in [-0.2, 0) is 4.79 Å². The summed E-state index contributed by atoms with van der Waals surface area (Å²) in [6, 6.07) is 2.94. The fraction of sp³-hybridized carbons (Fsp3) is 0.273.